The fraction of sp³-hybridized carbons (Fsp3) is 0. The molecule has 3 aromatic rings. The van der Waals surface area contributed by atoms with Gasteiger partial charge in [0.25, 0.3) is 0 Å². The normalized spacial score (nSPS) is 10.8. The molecule has 0 aliphatic rings. The van der Waals surface area contributed by atoms with Gasteiger partial charge in [-0.3, -0.25) is 4.98 Å². The summed E-state index contributed by atoms with van der Waals surface area (Å²) >= 11 is 0. The van der Waals surface area contributed by atoms with Crippen LogP contribution in [0.25, 0.3) is 22.1 Å². The lowest BCUT2D eigenvalue weighted by Crippen LogP contribution is -1.76. The number of nitrogens with zero attached hydrogens (tertiary/aromatic N) is 1. The number of fused-ring (bicyclic) bond motifs is 1. The third-order valence-electron chi connectivity index (χ3n) is 2.55. The fourth-order valence-electron chi connectivity index (χ4n) is 1.80. The molecule has 0 amide bonds. The summed E-state index contributed by atoms with van der Waals surface area (Å²) in [4.78, 5) is 3.95. The number of hydrogen-bond acceptors (Lipinski definition) is 3. The maximum Gasteiger partial charge on any atom is 0.145 e. The molecule has 2 heterocycles. The molecule has 0 saturated heterocycles. The first-order chi connectivity index (χ1) is 7.86. The summed E-state index contributed by atoms with van der Waals surface area (Å²) in [6.07, 6.45) is 5.04. The summed E-state index contributed by atoms with van der Waals surface area (Å²) in [6.45, 7) is 0. The van der Waals surface area contributed by atoms with E-state index in [-0.39, 0.29) is 5.75 Å². The van der Waals surface area contributed by atoms with Gasteiger partial charge in [-0.1, -0.05) is 12.1 Å². The third kappa shape index (κ3) is 1.26. The average Bonchev–Trinajstić information content (AvgIpc) is 2.75. The van der Waals surface area contributed by atoms with Crippen LogP contribution < -0.4 is 0 Å². The monoisotopic (exact) mass is 211 g/mol. The van der Waals surface area contributed by atoms with Crippen molar-refractivity contribution in [1.29, 1.82) is 0 Å². The molecule has 0 aliphatic heterocycles. The standard InChI is InChI=1S/C13H9NO2/c15-11-3-1-2-10-8-16-13(12(10)11)9-4-6-14-7-5-9/h1-8,15H. The minimum atomic E-state index is 0.234. The highest BCUT2D eigenvalue weighted by atomic mass is 16.3. The Balaban J connectivity index is 2.33. The fourth-order valence-corrected chi connectivity index (χ4v) is 1.80. The molecular weight excluding hydrogens is 202 g/mol. The molecule has 1 N–H and O–H groups in total. The summed E-state index contributed by atoms with van der Waals surface area (Å²) in [5.74, 6) is 0.911. The van der Waals surface area contributed by atoms with Gasteiger partial charge in [0.2, 0.25) is 0 Å². The van der Waals surface area contributed by atoms with Crippen LogP contribution in [0.1, 0.15) is 0 Å². The molecule has 0 radical (unpaired) electrons. The van der Waals surface area contributed by atoms with E-state index in [1.165, 1.54) is 0 Å². The second-order valence-corrected chi connectivity index (χ2v) is 3.54. The maximum atomic E-state index is 9.83. The quantitative estimate of drug-likeness (QED) is 0.672. The Labute approximate surface area is 92.0 Å². The zero-order valence-electron chi connectivity index (χ0n) is 8.42. The molecule has 0 fully saturated rings. The van der Waals surface area contributed by atoms with Crippen LogP contribution in [0.15, 0.2) is 53.4 Å². The predicted molar refractivity (Wildman–Crippen MR) is 61.1 cm³/mol. The molecule has 0 spiro atoms. The van der Waals surface area contributed by atoms with Crippen molar-refractivity contribution in [3.8, 4) is 17.1 Å². The van der Waals surface area contributed by atoms with E-state index < -0.39 is 0 Å². The molecule has 3 rings (SSSR count). The highest BCUT2D eigenvalue weighted by molar-refractivity contribution is 5.98. The molecule has 3 heteroatoms. The van der Waals surface area contributed by atoms with Crippen LogP contribution in [0.3, 0.4) is 0 Å². The predicted octanol–water partition coefficient (Wildman–Crippen LogP) is 3.20. The zero-order chi connectivity index (χ0) is 11.0. The zero-order valence-corrected chi connectivity index (χ0v) is 8.42. The van der Waals surface area contributed by atoms with Gasteiger partial charge in [0.1, 0.15) is 11.5 Å². The molecule has 0 bridgehead atoms. The van der Waals surface area contributed by atoms with E-state index in [0.29, 0.717) is 5.76 Å². The lowest BCUT2D eigenvalue weighted by Gasteiger charge is -1.98. The summed E-state index contributed by atoms with van der Waals surface area (Å²) in [5, 5.41) is 11.5. The lowest BCUT2D eigenvalue weighted by molar-refractivity contribution is 0.481. The van der Waals surface area contributed by atoms with Gasteiger partial charge in [0, 0.05) is 23.3 Å². The van der Waals surface area contributed by atoms with Gasteiger partial charge in [0.15, 0.2) is 0 Å². The van der Waals surface area contributed by atoms with Gasteiger partial charge >= 0.3 is 0 Å². The van der Waals surface area contributed by atoms with Crippen LogP contribution in [0.2, 0.25) is 0 Å². The number of phenolic OH excluding ortho intramolecular Hbond substituents is 1. The largest absolute Gasteiger partial charge is 0.507 e. The van der Waals surface area contributed by atoms with Crippen molar-refractivity contribution in [2.24, 2.45) is 0 Å². The van der Waals surface area contributed by atoms with Gasteiger partial charge < -0.3 is 9.52 Å². The molecule has 1 aromatic carbocycles. The van der Waals surface area contributed by atoms with Crippen molar-refractivity contribution in [2.75, 3.05) is 0 Å². The number of benzene rings is 1. The molecular formula is C13H9NO2. The van der Waals surface area contributed by atoms with E-state index in [9.17, 15) is 5.11 Å². The number of aromatic hydroxyl groups is 1. The van der Waals surface area contributed by atoms with Crippen molar-refractivity contribution < 1.29 is 9.52 Å². The molecule has 2 aromatic heterocycles. The van der Waals surface area contributed by atoms with Crippen molar-refractivity contribution in [3.63, 3.8) is 0 Å². The number of hydrogen-bond donors (Lipinski definition) is 1. The highest BCUT2D eigenvalue weighted by Crippen LogP contribution is 2.35. The van der Waals surface area contributed by atoms with Crippen LogP contribution in [-0.4, -0.2) is 10.1 Å². The van der Waals surface area contributed by atoms with E-state index in [2.05, 4.69) is 4.98 Å². The average molecular weight is 211 g/mol. The first-order valence-electron chi connectivity index (χ1n) is 4.96. The molecule has 3 nitrogen and oxygen atoms in total. The second-order valence-electron chi connectivity index (χ2n) is 3.54. The van der Waals surface area contributed by atoms with Gasteiger partial charge in [-0.15, -0.1) is 0 Å². The Morgan fingerprint density at radius 3 is 2.69 bits per heavy atom. The molecule has 0 aliphatic carbocycles. The van der Waals surface area contributed by atoms with Gasteiger partial charge in [-0.2, -0.15) is 0 Å². The molecule has 0 atom stereocenters. The van der Waals surface area contributed by atoms with Crippen molar-refractivity contribution >= 4 is 10.8 Å². The molecule has 0 unspecified atom stereocenters. The van der Waals surface area contributed by atoms with Crippen molar-refractivity contribution in [3.05, 3.63) is 49.0 Å². The maximum absolute atomic E-state index is 9.83. The van der Waals surface area contributed by atoms with Crippen molar-refractivity contribution in [1.82, 2.24) is 4.98 Å². The van der Waals surface area contributed by atoms with Gasteiger partial charge in [-0.25, -0.2) is 0 Å². The van der Waals surface area contributed by atoms with E-state index >= 15 is 0 Å². The Bertz CT molecular complexity index is 629. The Kier molecular flexibility index (Phi) is 1.90. The minimum absolute atomic E-state index is 0.234. The van der Waals surface area contributed by atoms with Crippen LogP contribution in [0.5, 0.6) is 5.75 Å². The summed E-state index contributed by atoms with van der Waals surface area (Å²) in [5.41, 5.74) is 0.909. The first kappa shape index (κ1) is 8.97. The van der Waals surface area contributed by atoms with Crippen LogP contribution in [0, 0.1) is 0 Å². The van der Waals surface area contributed by atoms with Crippen LogP contribution in [0.4, 0.5) is 0 Å². The Morgan fingerprint density at radius 2 is 1.88 bits per heavy atom. The minimum Gasteiger partial charge on any atom is -0.507 e. The Morgan fingerprint density at radius 1 is 1.06 bits per heavy atom. The smallest absolute Gasteiger partial charge is 0.145 e. The molecule has 16 heavy (non-hydrogen) atoms. The second kappa shape index (κ2) is 3.38. The number of pyridine rings is 1. The lowest BCUT2D eigenvalue weighted by atomic mass is 10.1. The van der Waals surface area contributed by atoms with Crippen LogP contribution in [-0.2, 0) is 0 Å². The molecule has 0 saturated carbocycles. The van der Waals surface area contributed by atoms with Crippen LogP contribution >= 0.6 is 0 Å². The van der Waals surface area contributed by atoms with E-state index in [1.54, 1.807) is 30.8 Å². The highest BCUT2D eigenvalue weighted by Gasteiger charge is 2.11. The Hall–Kier alpha value is -2.29. The van der Waals surface area contributed by atoms with Gasteiger partial charge in [-0.05, 0) is 18.2 Å². The SMILES string of the molecule is Oc1cccc2coc(-c3ccncc3)c12. The summed E-state index contributed by atoms with van der Waals surface area (Å²) < 4.78 is 5.49. The first-order valence-corrected chi connectivity index (χ1v) is 4.96. The number of aromatic nitrogens is 1. The van der Waals surface area contributed by atoms with Gasteiger partial charge in [0.05, 0.1) is 11.6 Å². The summed E-state index contributed by atoms with van der Waals surface area (Å²) in [6, 6.07) is 9.06. The molecule has 78 valence electrons. The van der Waals surface area contributed by atoms with Crippen molar-refractivity contribution in [2.45, 2.75) is 0 Å². The number of phenols is 1. The van der Waals surface area contributed by atoms with E-state index in [0.717, 1.165) is 16.3 Å². The third-order valence-corrected chi connectivity index (χ3v) is 2.55. The topological polar surface area (TPSA) is 46.3 Å². The van der Waals surface area contributed by atoms with E-state index in [1.807, 2.05) is 18.2 Å². The number of furan rings is 1. The number of rotatable bonds is 1. The summed E-state index contributed by atoms with van der Waals surface area (Å²) in [7, 11) is 0. The van der Waals surface area contributed by atoms with E-state index in [4.69, 9.17) is 4.42 Å².